The minimum Gasteiger partial charge on any atom is -0.441 e. The van der Waals surface area contributed by atoms with Crippen LogP contribution in [-0.2, 0) is 14.3 Å². The molecule has 0 unspecified atom stereocenters. The fraction of sp³-hybridized carbons (Fsp3) is 0.500. The van der Waals surface area contributed by atoms with Gasteiger partial charge in [0.15, 0.2) is 0 Å². The molecule has 2 heterocycles. The zero-order valence-electron chi connectivity index (χ0n) is 15.6. The molecule has 2 atom stereocenters. The SMILES string of the molecule is Cc1nc(-c2cccc(NC(=O)[C@@H](C)OC[C@H]3CCCCO3)c2)oc1C. The summed E-state index contributed by atoms with van der Waals surface area (Å²) in [5, 5.41) is 2.89. The van der Waals surface area contributed by atoms with Crippen LogP contribution in [0.4, 0.5) is 5.69 Å². The van der Waals surface area contributed by atoms with Crippen molar-refractivity contribution >= 4 is 11.6 Å². The van der Waals surface area contributed by atoms with Gasteiger partial charge in [0.1, 0.15) is 11.9 Å². The number of ether oxygens (including phenoxy) is 2. The summed E-state index contributed by atoms with van der Waals surface area (Å²) < 4.78 is 17.0. The predicted molar refractivity (Wildman–Crippen MR) is 99.0 cm³/mol. The van der Waals surface area contributed by atoms with Crippen molar-refractivity contribution in [1.29, 1.82) is 0 Å². The second-order valence-corrected chi connectivity index (χ2v) is 6.69. The summed E-state index contributed by atoms with van der Waals surface area (Å²) >= 11 is 0. The van der Waals surface area contributed by atoms with Crippen molar-refractivity contribution in [2.24, 2.45) is 0 Å². The predicted octanol–water partition coefficient (Wildman–Crippen LogP) is 3.87. The number of carbonyl (C=O) groups excluding carboxylic acids is 1. The number of amides is 1. The molecule has 140 valence electrons. The van der Waals surface area contributed by atoms with Crippen LogP contribution in [0.15, 0.2) is 28.7 Å². The Morgan fingerprint density at radius 1 is 1.38 bits per heavy atom. The van der Waals surface area contributed by atoms with Crippen LogP contribution in [0.5, 0.6) is 0 Å². The quantitative estimate of drug-likeness (QED) is 0.848. The number of aryl methyl sites for hydroxylation is 2. The molecule has 1 N–H and O–H groups in total. The van der Waals surface area contributed by atoms with E-state index in [2.05, 4.69) is 10.3 Å². The van der Waals surface area contributed by atoms with Gasteiger partial charge in [-0.15, -0.1) is 0 Å². The Balaban J connectivity index is 1.57. The number of nitrogens with one attached hydrogen (secondary N) is 1. The summed E-state index contributed by atoms with van der Waals surface area (Å²) in [4.78, 5) is 16.8. The molecule has 3 rings (SSSR count). The Morgan fingerprint density at radius 3 is 2.92 bits per heavy atom. The molecule has 0 radical (unpaired) electrons. The molecule has 1 aromatic heterocycles. The Bertz CT molecular complexity index is 731. The third-order valence-electron chi connectivity index (χ3n) is 4.58. The fourth-order valence-electron chi connectivity index (χ4n) is 2.84. The van der Waals surface area contributed by atoms with Gasteiger partial charge in [-0.1, -0.05) is 6.07 Å². The number of aromatic nitrogens is 1. The highest BCUT2D eigenvalue weighted by atomic mass is 16.5. The van der Waals surface area contributed by atoms with Gasteiger partial charge < -0.3 is 19.2 Å². The van der Waals surface area contributed by atoms with E-state index in [1.54, 1.807) is 6.92 Å². The topological polar surface area (TPSA) is 73.6 Å². The smallest absolute Gasteiger partial charge is 0.253 e. The van der Waals surface area contributed by atoms with Crippen LogP contribution < -0.4 is 5.32 Å². The first-order chi connectivity index (χ1) is 12.5. The molecule has 0 aliphatic carbocycles. The summed E-state index contributed by atoms with van der Waals surface area (Å²) in [6.07, 6.45) is 2.80. The molecule has 6 heteroatoms. The molecule has 1 saturated heterocycles. The summed E-state index contributed by atoms with van der Waals surface area (Å²) in [5.41, 5.74) is 2.37. The summed E-state index contributed by atoms with van der Waals surface area (Å²) in [6.45, 7) is 6.77. The number of hydrogen-bond donors (Lipinski definition) is 1. The Hall–Kier alpha value is -2.18. The van der Waals surface area contributed by atoms with Gasteiger partial charge >= 0.3 is 0 Å². The van der Waals surface area contributed by atoms with Gasteiger partial charge in [-0.05, 0) is 58.2 Å². The Kier molecular flexibility index (Phi) is 6.06. The molecule has 1 amide bonds. The van der Waals surface area contributed by atoms with E-state index in [0.717, 1.165) is 42.9 Å². The van der Waals surface area contributed by atoms with Gasteiger partial charge in [0.05, 0.1) is 18.4 Å². The third-order valence-corrected chi connectivity index (χ3v) is 4.58. The second-order valence-electron chi connectivity index (χ2n) is 6.69. The molecule has 1 aliphatic heterocycles. The molecule has 0 bridgehead atoms. The lowest BCUT2D eigenvalue weighted by atomic mass is 10.1. The lowest BCUT2D eigenvalue weighted by Crippen LogP contribution is -2.32. The highest BCUT2D eigenvalue weighted by Gasteiger charge is 2.19. The average molecular weight is 358 g/mol. The molecule has 26 heavy (non-hydrogen) atoms. The second kappa shape index (κ2) is 8.47. The highest BCUT2D eigenvalue weighted by Crippen LogP contribution is 2.24. The number of hydrogen-bond acceptors (Lipinski definition) is 5. The summed E-state index contributed by atoms with van der Waals surface area (Å²) in [7, 11) is 0. The molecule has 1 aromatic carbocycles. The van der Waals surface area contributed by atoms with Crippen molar-refractivity contribution in [2.75, 3.05) is 18.5 Å². The molecule has 1 fully saturated rings. The van der Waals surface area contributed by atoms with E-state index in [-0.39, 0.29) is 12.0 Å². The molecule has 6 nitrogen and oxygen atoms in total. The van der Waals surface area contributed by atoms with Crippen LogP contribution in [0, 0.1) is 13.8 Å². The van der Waals surface area contributed by atoms with E-state index in [0.29, 0.717) is 18.2 Å². The number of nitrogens with zero attached hydrogens (tertiary/aromatic N) is 1. The van der Waals surface area contributed by atoms with Gasteiger partial charge in [-0.25, -0.2) is 4.98 Å². The zero-order chi connectivity index (χ0) is 18.5. The molecule has 1 aliphatic rings. The maximum Gasteiger partial charge on any atom is 0.253 e. The maximum absolute atomic E-state index is 12.4. The normalized spacial score (nSPS) is 18.5. The first kappa shape index (κ1) is 18.6. The van der Waals surface area contributed by atoms with Crippen LogP contribution in [0.3, 0.4) is 0 Å². The largest absolute Gasteiger partial charge is 0.441 e. The van der Waals surface area contributed by atoms with Crippen LogP contribution in [-0.4, -0.2) is 36.3 Å². The zero-order valence-corrected chi connectivity index (χ0v) is 15.6. The molecule has 2 aromatic rings. The van der Waals surface area contributed by atoms with Crippen molar-refractivity contribution in [3.05, 3.63) is 35.7 Å². The third kappa shape index (κ3) is 4.71. The first-order valence-corrected chi connectivity index (χ1v) is 9.11. The minimum atomic E-state index is -0.546. The average Bonchev–Trinajstić information content (AvgIpc) is 2.99. The highest BCUT2D eigenvalue weighted by molar-refractivity contribution is 5.94. The number of carbonyl (C=O) groups is 1. The van der Waals surface area contributed by atoms with Crippen LogP contribution in [0.25, 0.3) is 11.5 Å². The van der Waals surface area contributed by atoms with Gasteiger partial charge in [-0.2, -0.15) is 0 Å². The van der Waals surface area contributed by atoms with E-state index in [9.17, 15) is 4.79 Å². The van der Waals surface area contributed by atoms with Crippen molar-refractivity contribution in [3.63, 3.8) is 0 Å². The van der Waals surface area contributed by atoms with E-state index in [1.165, 1.54) is 0 Å². The van der Waals surface area contributed by atoms with Crippen molar-refractivity contribution in [1.82, 2.24) is 4.98 Å². The Labute approximate surface area is 153 Å². The van der Waals surface area contributed by atoms with Crippen LogP contribution in [0.2, 0.25) is 0 Å². The summed E-state index contributed by atoms with van der Waals surface area (Å²) in [6, 6.07) is 7.45. The van der Waals surface area contributed by atoms with Gasteiger partial charge in [0.25, 0.3) is 5.91 Å². The fourth-order valence-corrected chi connectivity index (χ4v) is 2.84. The van der Waals surface area contributed by atoms with Gasteiger partial charge in [0.2, 0.25) is 5.89 Å². The molecule has 0 spiro atoms. The van der Waals surface area contributed by atoms with Gasteiger partial charge in [0, 0.05) is 17.9 Å². The number of anilines is 1. The van der Waals surface area contributed by atoms with Gasteiger partial charge in [-0.3, -0.25) is 4.79 Å². The van der Waals surface area contributed by atoms with E-state index in [4.69, 9.17) is 13.9 Å². The van der Waals surface area contributed by atoms with Crippen molar-refractivity contribution < 1.29 is 18.7 Å². The van der Waals surface area contributed by atoms with E-state index >= 15 is 0 Å². The first-order valence-electron chi connectivity index (χ1n) is 9.11. The van der Waals surface area contributed by atoms with Crippen molar-refractivity contribution in [3.8, 4) is 11.5 Å². The minimum absolute atomic E-state index is 0.0961. The van der Waals surface area contributed by atoms with E-state index in [1.807, 2.05) is 38.1 Å². The maximum atomic E-state index is 12.4. The van der Waals surface area contributed by atoms with Crippen LogP contribution in [0.1, 0.15) is 37.6 Å². The van der Waals surface area contributed by atoms with Crippen LogP contribution >= 0.6 is 0 Å². The monoisotopic (exact) mass is 358 g/mol. The number of oxazole rings is 1. The van der Waals surface area contributed by atoms with E-state index < -0.39 is 6.10 Å². The molecular formula is C20H26N2O4. The lowest BCUT2D eigenvalue weighted by Gasteiger charge is -2.23. The molecular weight excluding hydrogens is 332 g/mol. The lowest BCUT2D eigenvalue weighted by molar-refractivity contribution is -0.130. The molecule has 0 saturated carbocycles. The standard InChI is InChI=1S/C20H26N2O4/c1-13-14(2)26-20(21-13)16-7-6-8-17(11-16)22-19(23)15(3)25-12-18-9-4-5-10-24-18/h6-8,11,15,18H,4-5,9-10,12H2,1-3H3,(H,22,23)/t15-,18-/m1/s1. The van der Waals surface area contributed by atoms with Crippen molar-refractivity contribution in [2.45, 2.75) is 52.2 Å². The Morgan fingerprint density at radius 2 is 2.23 bits per heavy atom. The summed E-state index contributed by atoms with van der Waals surface area (Å²) in [5.74, 6) is 1.16. The number of benzene rings is 1. The number of rotatable bonds is 6.